The largest absolute Gasteiger partial charge is 0.435 e. The van der Waals surface area contributed by atoms with Crippen LogP contribution in [0.1, 0.15) is 18.2 Å². The molecule has 3 aromatic heterocycles. The predicted molar refractivity (Wildman–Crippen MR) is 82.3 cm³/mol. The Bertz CT molecular complexity index is 942. The van der Waals surface area contributed by atoms with Crippen molar-refractivity contribution in [2.45, 2.75) is 18.0 Å². The molecule has 0 saturated heterocycles. The highest BCUT2D eigenvalue weighted by Gasteiger charge is 2.34. The summed E-state index contributed by atoms with van der Waals surface area (Å²) in [4.78, 5) is 9.22. The number of aromatic nitrogens is 4. The van der Waals surface area contributed by atoms with Gasteiger partial charge in [0.05, 0.1) is 11.3 Å². The highest BCUT2D eigenvalue weighted by atomic mass is 32.2. The fourth-order valence-corrected chi connectivity index (χ4v) is 2.93. The molecule has 0 saturated carbocycles. The van der Waals surface area contributed by atoms with Crippen LogP contribution in [-0.2, 0) is 6.18 Å². The molecule has 0 atom stereocenters. The number of alkyl halides is 3. The first kappa shape index (κ1) is 16.3. The van der Waals surface area contributed by atoms with Gasteiger partial charge in [-0.25, -0.2) is 9.50 Å². The van der Waals surface area contributed by atoms with Crippen LogP contribution in [0.25, 0.3) is 17.0 Å². The number of fused-ring (bicyclic) bond motifs is 1. The second-order valence-electron chi connectivity index (χ2n) is 4.76. The van der Waals surface area contributed by atoms with Crippen LogP contribution >= 0.6 is 11.8 Å². The highest BCUT2D eigenvalue weighted by molar-refractivity contribution is 7.99. The summed E-state index contributed by atoms with van der Waals surface area (Å²) in [7, 11) is 0. The molecule has 5 nitrogen and oxygen atoms in total. The zero-order chi connectivity index (χ0) is 17.3. The maximum absolute atomic E-state index is 12.7. The number of thioether (sulfide) groups is 1. The fraction of sp³-hybridized carbons (Fsp3) is 0.200. The van der Waals surface area contributed by atoms with E-state index in [4.69, 9.17) is 5.26 Å². The molecule has 3 heterocycles. The first-order valence-electron chi connectivity index (χ1n) is 6.89. The Hall–Kier alpha value is -2.60. The maximum atomic E-state index is 12.7. The number of nitrogens with zero attached hydrogens (tertiary/aromatic N) is 5. The minimum atomic E-state index is -4.52. The van der Waals surface area contributed by atoms with Crippen LogP contribution in [0.15, 0.2) is 35.5 Å². The molecule has 0 spiro atoms. The smallest absolute Gasteiger partial charge is 0.252 e. The van der Waals surface area contributed by atoms with Crippen molar-refractivity contribution in [3.8, 4) is 17.5 Å². The minimum Gasteiger partial charge on any atom is -0.252 e. The van der Waals surface area contributed by atoms with Gasteiger partial charge >= 0.3 is 6.18 Å². The number of hydrogen-bond acceptors (Lipinski definition) is 5. The van der Waals surface area contributed by atoms with E-state index in [-0.39, 0.29) is 5.65 Å². The third-order valence-electron chi connectivity index (χ3n) is 3.14. The number of nitriles is 1. The predicted octanol–water partition coefficient (Wildman–Crippen LogP) is 3.79. The summed E-state index contributed by atoms with van der Waals surface area (Å²) in [6, 6.07) is 6.15. The molecule has 0 aliphatic heterocycles. The summed E-state index contributed by atoms with van der Waals surface area (Å²) < 4.78 is 39.3. The second kappa shape index (κ2) is 6.13. The Morgan fingerprint density at radius 1 is 1.33 bits per heavy atom. The lowest BCUT2D eigenvalue weighted by Crippen LogP contribution is -2.05. The highest BCUT2D eigenvalue weighted by Crippen LogP contribution is 2.31. The summed E-state index contributed by atoms with van der Waals surface area (Å²) in [5.41, 5.74) is 0.454. The van der Waals surface area contributed by atoms with Crippen LogP contribution in [0.4, 0.5) is 13.2 Å². The molecule has 0 aromatic carbocycles. The lowest BCUT2D eigenvalue weighted by atomic mass is 10.2. The van der Waals surface area contributed by atoms with Crippen molar-refractivity contribution in [3.05, 3.63) is 41.9 Å². The molecule has 0 bridgehead atoms. The molecule has 0 radical (unpaired) electrons. The van der Waals surface area contributed by atoms with E-state index < -0.39 is 11.9 Å². The molecule has 0 aliphatic carbocycles. The topological polar surface area (TPSA) is 66.9 Å². The van der Waals surface area contributed by atoms with Gasteiger partial charge in [0.25, 0.3) is 0 Å². The fourth-order valence-electron chi connectivity index (χ4n) is 2.11. The van der Waals surface area contributed by atoms with Crippen LogP contribution < -0.4 is 0 Å². The van der Waals surface area contributed by atoms with E-state index in [2.05, 4.69) is 15.1 Å². The molecule has 122 valence electrons. The van der Waals surface area contributed by atoms with Gasteiger partial charge in [0.1, 0.15) is 11.8 Å². The van der Waals surface area contributed by atoms with Crippen molar-refractivity contribution in [2.24, 2.45) is 0 Å². The molecule has 9 heteroatoms. The van der Waals surface area contributed by atoms with Gasteiger partial charge in [-0.2, -0.15) is 23.5 Å². The normalized spacial score (nSPS) is 11.6. The minimum absolute atomic E-state index is 0.0819. The monoisotopic (exact) mass is 349 g/mol. The summed E-state index contributed by atoms with van der Waals surface area (Å²) in [6.07, 6.45) is -1.70. The van der Waals surface area contributed by atoms with Gasteiger partial charge in [-0.05, 0) is 17.9 Å². The summed E-state index contributed by atoms with van der Waals surface area (Å²) in [6.45, 7) is 1.96. The summed E-state index contributed by atoms with van der Waals surface area (Å²) in [5, 5.41) is 12.4. The SMILES string of the molecule is CCSc1cc(C#N)cnc1-c1ccn2nc(C(F)(F)F)cc2n1. The maximum Gasteiger partial charge on any atom is 0.435 e. The number of pyridine rings is 1. The van der Waals surface area contributed by atoms with Gasteiger partial charge in [0.2, 0.25) is 0 Å². The lowest BCUT2D eigenvalue weighted by molar-refractivity contribution is -0.141. The molecule has 0 N–H and O–H groups in total. The van der Waals surface area contributed by atoms with Gasteiger partial charge in [0.15, 0.2) is 11.3 Å². The molecule has 3 rings (SSSR count). The number of halogens is 3. The van der Waals surface area contributed by atoms with Gasteiger partial charge in [-0.1, -0.05) is 6.92 Å². The van der Waals surface area contributed by atoms with Gasteiger partial charge in [-0.15, -0.1) is 11.8 Å². The van der Waals surface area contributed by atoms with Crippen LogP contribution in [0, 0.1) is 11.3 Å². The molecule has 0 unspecified atom stereocenters. The van der Waals surface area contributed by atoms with Crippen LogP contribution in [0.2, 0.25) is 0 Å². The third-order valence-corrected chi connectivity index (χ3v) is 4.05. The first-order valence-corrected chi connectivity index (χ1v) is 7.88. The zero-order valence-corrected chi connectivity index (χ0v) is 13.2. The molecule has 3 aromatic rings. The average molecular weight is 349 g/mol. The van der Waals surface area contributed by atoms with E-state index in [1.807, 2.05) is 13.0 Å². The van der Waals surface area contributed by atoms with Crippen molar-refractivity contribution >= 4 is 17.4 Å². The van der Waals surface area contributed by atoms with Crippen molar-refractivity contribution in [1.29, 1.82) is 5.26 Å². The van der Waals surface area contributed by atoms with Crippen molar-refractivity contribution in [2.75, 3.05) is 5.75 Å². The van der Waals surface area contributed by atoms with Gasteiger partial charge in [0, 0.05) is 23.4 Å². The number of rotatable bonds is 3. The van der Waals surface area contributed by atoms with Crippen molar-refractivity contribution in [3.63, 3.8) is 0 Å². The molecular formula is C15H10F3N5S. The van der Waals surface area contributed by atoms with E-state index in [1.54, 1.807) is 12.1 Å². The van der Waals surface area contributed by atoms with Crippen LogP contribution in [-0.4, -0.2) is 25.3 Å². The number of hydrogen-bond donors (Lipinski definition) is 0. The Labute approximate surface area is 139 Å². The Kier molecular flexibility index (Phi) is 4.15. The van der Waals surface area contributed by atoms with E-state index in [1.165, 1.54) is 24.2 Å². The van der Waals surface area contributed by atoms with Crippen molar-refractivity contribution in [1.82, 2.24) is 19.6 Å². The van der Waals surface area contributed by atoms with E-state index >= 15 is 0 Å². The molecule has 24 heavy (non-hydrogen) atoms. The summed E-state index contributed by atoms with van der Waals surface area (Å²) >= 11 is 1.49. The zero-order valence-electron chi connectivity index (χ0n) is 12.4. The van der Waals surface area contributed by atoms with E-state index in [0.717, 1.165) is 21.2 Å². The Morgan fingerprint density at radius 2 is 2.12 bits per heavy atom. The molecule has 0 amide bonds. The standard InChI is InChI=1S/C15H10F3N5S/c1-2-24-11-5-9(7-19)8-20-14(11)10-3-4-23-13(21-10)6-12(22-23)15(16,17)18/h3-6,8H,2H2,1H3. The molecular weight excluding hydrogens is 339 g/mol. The average Bonchev–Trinajstić information content (AvgIpc) is 2.98. The first-order chi connectivity index (χ1) is 11.4. The third kappa shape index (κ3) is 3.05. The van der Waals surface area contributed by atoms with Crippen LogP contribution in [0.3, 0.4) is 0 Å². The Balaban J connectivity index is 2.11. The van der Waals surface area contributed by atoms with E-state index in [0.29, 0.717) is 17.0 Å². The van der Waals surface area contributed by atoms with Crippen molar-refractivity contribution < 1.29 is 13.2 Å². The molecule has 0 fully saturated rings. The second-order valence-corrected chi connectivity index (χ2v) is 6.06. The quantitative estimate of drug-likeness (QED) is 0.673. The molecule has 0 aliphatic rings. The van der Waals surface area contributed by atoms with Crippen LogP contribution in [0.5, 0.6) is 0 Å². The summed E-state index contributed by atoms with van der Waals surface area (Å²) in [5.74, 6) is 0.761. The van der Waals surface area contributed by atoms with Gasteiger partial charge < -0.3 is 0 Å². The van der Waals surface area contributed by atoms with E-state index in [9.17, 15) is 13.2 Å². The Morgan fingerprint density at radius 3 is 2.79 bits per heavy atom. The lowest BCUT2D eigenvalue weighted by Gasteiger charge is -2.07. The van der Waals surface area contributed by atoms with Gasteiger partial charge in [-0.3, -0.25) is 4.98 Å².